The minimum atomic E-state index is -0.0993. The first kappa shape index (κ1) is 9.47. The minimum absolute atomic E-state index is 0.0993. The van der Waals surface area contributed by atoms with Crippen molar-refractivity contribution in [2.24, 2.45) is 5.41 Å². The monoisotopic (exact) mass is 184 g/mol. The molecule has 2 rings (SSSR count). The average Bonchev–Trinajstić information content (AvgIpc) is 2.46. The SMILES string of the molecule is COC1CCC(O)C12CCCCC2. The molecular formula is C11H20O2. The number of methoxy groups -OCH3 is 1. The Bertz CT molecular complexity index is 173. The van der Waals surface area contributed by atoms with E-state index in [1.54, 1.807) is 7.11 Å². The number of aliphatic hydroxyl groups excluding tert-OH is 1. The third-order valence-electron chi connectivity index (χ3n) is 4.08. The summed E-state index contributed by atoms with van der Waals surface area (Å²) in [6, 6.07) is 0. The Morgan fingerprint density at radius 3 is 2.46 bits per heavy atom. The molecule has 0 bridgehead atoms. The Morgan fingerprint density at radius 2 is 1.85 bits per heavy atom. The van der Waals surface area contributed by atoms with Gasteiger partial charge in [0.05, 0.1) is 12.2 Å². The van der Waals surface area contributed by atoms with Crippen LogP contribution < -0.4 is 0 Å². The van der Waals surface area contributed by atoms with E-state index in [2.05, 4.69) is 0 Å². The van der Waals surface area contributed by atoms with Crippen molar-refractivity contribution < 1.29 is 9.84 Å². The van der Waals surface area contributed by atoms with Gasteiger partial charge in [0.25, 0.3) is 0 Å². The molecule has 1 N–H and O–H groups in total. The predicted octanol–water partition coefficient (Wildman–Crippen LogP) is 2.11. The van der Waals surface area contributed by atoms with Crippen molar-refractivity contribution in [2.45, 2.75) is 57.2 Å². The lowest BCUT2D eigenvalue weighted by Crippen LogP contribution is -2.41. The number of rotatable bonds is 1. The van der Waals surface area contributed by atoms with Crippen LogP contribution in [0, 0.1) is 5.41 Å². The minimum Gasteiger partial charge on any atom is -0.392 e. The maximum Gasteiger partial charge on any atom is 0.0653 e. The van der Waals surface area contributed by atoms with Crippen molar-refractivity contribution in [1.82, 2.24) is 0 Å². The van der Waals surface area contributed by atoms with E-state index in [1.807, 2.05) is 0 Å². The Balaban J connectivity index is 2.14. The maximum atomic E-state index is 10.0. The van der Waals surface area contributed by atoms with Gasteiger partial charge in [-0.25, -0.2) is 0 Å². The topological polar surface area (TPSA) is 29.5 Å². The molecule has 2 saturated carbocycles. The molecule has 0 saturated heterocycles. The Kier molecular flexibility index (Phi) is 2.61. The van der Waals surface area contributed by atoms with Gasteiger partial charge in [-0.05, 0) is 25.7 Å². The number of ether oxygens (including phenoxy) is 1. The lowest BCUT2D eigenvalue weighted by atomic mass is 9.70. The summed E-state index contributed by atoms with van der Waals surface area (Å²) in [5.74, 6) is 0. The molecule has 2 aliphatic rings. The average molecular weight is 184 g/mol. The molecule has 13 heavy (non-hydrogen) atoms. The molecule has 76 valence electrons. The summed E-state index contributed by atoms with van der Waals surface area (Å²) in [7, 11) is 1.79. The number of aliphatic hydroxyl groups is 1. The zero-order valence-corrected chi connectivity index (χ0v) is 8.46. The highest BCUT2D eigenvalue weighted by Gasteiger charge is 2.49. The molecular weight excluding hydrogens is 164 g/mol. The summed E-state index contributed by atoms with van der Waals surface area (Å²) in [4.78, 5) is 0. The van der Waals surface area contributed by atoms with Crippen LogP contribution in [0.1, 0.15) is 44.9 Å². The van der Waals surface area contributed by atoms with Crippen molar-refractivity contribution in [1.29, 1.82) is 0 Å². The van der Waals surface area contributed by atoms with Crippen molar-refractivity contribution >= 4 is 0 Å². The Morgan fingerprint density at radius 1 is 1.15 bits per heavy atom. The molecule has 2 nitrogen and oxygen atoms in total. The zero-order chi connectivity index (χ0) is 9.31. The van der Waals surface area contributed by atoms with Crippen LogP contribution in [-0.2, 0) is 4.74 Å². The highest BCUT2D eigenvalue weighted by molar-refractivity contribution is 5.00. The van der Waals surface area contributed by atoms with E-state index in [1.165, 1.54) is 32.1 Å². The summed E-state index contributed by atoms with van der Waals surface area (Å²) >= 11 is 0. The van der Waals surface area contributed by atoms with Gasteiger partial charge in [0, 0.05) is 12.5 Å². The molecule has 2 atom stereocenters. The second-order valence-electron chi connectivity index (χ2n) is 4.61. The van der Waals surface area contributed by atoms with Crippen LogP contribution in [-0.4, -0.2) is 24.4 Å². The number of hydrogen-bond acceptors (Lipinski definition) is 2. The molecule has 2 unspecified atom stereocenters. The van der Waals surface area contributed by atoms with Gasteiger partial charge in [0.2, 0.25) is 0 Å². The summed E-state index contributed by atoms with van der Waals surface area (Å²) in [6.45, 7) is 0. The van der Waals surface area contributed by atoms with Gasteiger partial charge >= 0.3 is 0 Å². The molecule has 2 heteroatoms. The first-order valence-corrected chi connectivity index (χ1v) is 5.50. The third-order valence-corrected chi connectivity index (χ3v) is 4.08. The summed E-state index contributed by atoms with van der Waals surface area (Å²) in [5.41, 5.74) is 0.132. The van der Waals surface area contributed by atoms with Gasteiger partial charge in [-0.2, -0.15) is 0 Å². The van der Waals surface area contributed by atoms with Crippen LogP contribution in [0.25, 0.3) is 0 Å². The Labute approximate surface area is 80.3 Å². The first-order valence-electron chi connectivity index (χ1n) is 5.50. The van der Waals surface area contributed by atoms with Crippen LogP contribution in [0.15, 0.2) is 0 Å². The fourth-order valence-electron chi connectivity index (χ4n) is 3.32. The molecule has 0 radical (unpaired) electrons. The van der Waals surface area contributed by atoms with Crippen LogP contribution in [0.2, 0.25) is 0 Å². The van der Waals surface area contributed by atoms with Crippen molar-refractivity contribution in [2.75, 3.05) is 7.11 Å². The molecule has 0 heterocycles. The van der Waals surface area contributed by atoms with Crippen LogP contribution in [0.4, 0.5) is 0 Å². The van der Waals surface area contributed by atoms with E-state index in [0.717, 1.165) is 12.8 Å². The molecule has 2 aliphatic carbocycles. The molecule has 0 aliphatic heterocycles. The van der Waals surface area contributed by atoms with Gasteiger partial charge in [0.1, 0.15) is 0 Å². The van der Waals surface area contributed by atoms with Crippen molar-refractivity contribution in [3.8, 4) is 0 Å². The fourth-order valence-corrected chi connectivity index (χ4v) is 3.32. The van der Waals surface area contributed by atoms with Crippen molar-refractivity contribution in [3.63, 3.8) is 0 Å². The maximum absolute atomic E-state index is 10.0. The van der Waals surface area contributed by atoms with Gasteiger partial charge in [-0.1, -0.05) is 19.3 Å². The lowest BCUT2D eigenvalue weighted by molar-refractivity contribution is -0.0665. The first-order chi connectivity index (χ1) is 6.29. The molecule has 0 aromatic rings. The van der Waals surface area contributed by atoms with E-state index in [4.69, 9.17) is 4.74 Å². The number of hydrogen-bond donors (Lipinski definition) is 1. The standard InChI is InChI=1S/C11H20O2/c1-13-10-6-5-9(12)11(10)7-3-2-4-8-11/h9-10,12H,2-8H2,1H3. The highest BCUT2D eigenvalue weighted by Crippen LogP contribution is 2.50. The molecule has 1 spiro atoms. The van der Waals surface area contributed by atoms with Gasteiger partial charge in [-0.15, -0.1) is 0 Å². The van der Waals surface area contributed by atoms with E-state index in [9.17, 15) is 5.11 Å². The van der Waals surface area contributed by atoms with Crippen LogP contribution >= 0.6 is 0 Å². The smallest absolute Gasteiger partial charge is 0.0653 e. The molecule has 0 aromatic carbocycles. The van der Waals surface area contributed by atoms with E-state index >= 15 is 0 Å². The molecule has 2 fully saturated rings. The van der Waals surface area contributed by atoms with Crippen molar-refractivity contribution in [3.05, 3.63) is 0 Å². The summed E-state index contributed by atoms with van der Waals surface area (Å²) in [5, 5.41) is 10.0. The molecule has 0 aromatic heterocycles. The third kappa shape index (κ3) is 1.40. The largest absolute Gasteiger partial charge is 0.392 e. The van der Waals surface area contributed by atoms with E-state index in [-0.39, 0.29) is 11.5 Å². The quantitative estimate of drug-likeness (QED) is 0.676. The zero-order valence-electron chi connectivity index (χ0n) is 8.46. The fraction of sp³-hybridized carbons (Fsp3) is 1.00. The van der Waals surface area contributed by atoms with Crippen LogP contribution in [0.3, 0.4) is 0 Å². The second kappa shape index (κ2) is 3.58. The van der Waals surface area contributed by atoms with Crippen LogP contribution in [0.5, 0.6) is 0 Å². The highest BCUT2D eigenvalue weighted by atomic mass is 16.5. The van der Waals surface area contributed by atoms with Gasteiger partial charge in [0.15, 0.2) is 0 Å². The lowest BCUT2D eigenvalue weighted by Gasteiger charge is -2.40. The predicted molar refractivity (Wildman–Crippen MR) is 51.6 cm³/mol. The normalized spacial score (nSPS) is 38.3. The summed E-state index contributed by atoms with van der Waals surface area (Å²) in [6.07, 6.45) is 8.45. The summed E-state index contributed by atoms with van der Waals surface area (Å²) < 4.78 is 5.51. The second-order valence-corrected chi connectivity index (χ2v) is 4.61. The Hall–Kier alpha value is -0.0800. The van der Waals surface area contributed by atoms with Gasteiger partial charge in [-0.3, -0.25) is 0 Å². The van der Waals surface area contributed by atoms with E-state index in [0.29, 0.717) is 6.10 Å². The molecule has 0 amide bonds. The van der Waals surface area contributed by atoms with E-state index < -0.39 is 0 Å². The van der Waals surface area contributed by atoms with Gasteiger partial charge < -0.3 is 9.84 Å².